The summed E-state index contributed by atoms with van der Waals surface area (Å²) in [6.07, 6.45) is 11.6. The molecule has 0 aromatic rings. The van der Waals surface area contributed by atoms with Crippen LogP contribution in [0.3, 0.4) is 0 Å². The first-order chi connectivity index (χ1) is 9.09. The first-order valence-electron chi connectivity index (χ1n) is 8.85. The number of hydrogen-bond donors (Lipinski definition) is 1. The Morgan fingerprint density at radius 3 is 1.37 bits per heavy atom. The van der Waals surface area contributed by atoms with Crippen molar-refractivity contribution in [3.8, 4) is 0 Å². The van der Waals surface area contributed by atoms with Crippen LogP contribution in [0.2, 0.25) is 0 Å². The summed E-state index contributed by atoms with van der Waals surface area (Å²) < 4.78 is 0. The van der Waals surface area contributed by atoms with Gasteiger partial charge in [-0.15, -0.1) is 0 Å². The molecule has 1 N–H and O–H groups in total. The fraction of sp³-hybridized carbons (Fsp3) is 1.00. The van der Waals surface area contributed by atoms with Crippen molar-refractivity contribution in [3.63, 3.8) is 0 Å². The van der Waals surface area contributed by atoms with Gasteiger partial charge < -0.3 is 5.32 Å². The Bertz CT molecular complexity index is 232. The van der Waals surface area contributed by atoms with Crippen molar-refractivity contribution in [1.82, 2.24) is 5.32 Å². The van der Waals surface area contributed by atoms with Crippen LogP contribution in [0.4, 0.5) is 0 Å². The van der Waals surface area contributed by atoms with Gasteiger partial charge in [0, 0.05) is 12.1 Å². The summed E-state index contributed by atoms with van der Waals surface area (Å²) in [4.78, 5) is 0. The SMILES string of the molecule is CC(C)[C@@H]1CCCC[C@@H]1N[C@H]1CCCC[C@H]1C(C)C. The van der Waals surface area contributed by atoms with Crippen LogP contribution in [0.1, 0.15) is 79.1 Å². The summed E-state index contributed by atoms with van der Waals surface area (Å²) >= 11 is 0. The van der Waals surface area contributed by atoms with E-state index in [0.717, 1.165) is 35.8 Å². The second-order valence-electron chi connectivity index (χ2n) is 7.76. The van der Waals surface area contributed by atoms with Gasteiger partial charge in [-0.2, -0.15) is 0 Å². The van der Waals surface area contributed by atoms with Crippen LogP contribution in [-0.2, 0) is 0 Å². The van der Waals surface area contributed by atoms with Crippen molar-refractivity contribution in [2.75, 3.05) is 0 Å². The maximum Gasteiger partial charge on any atom is 0.0100 e. The number of rotatable bonds is 4. The predicted octanol–water partition coefficient (Wildman–Crippen LogP) is 5.01. The van der Waals surface area contributed by atoms with Gasteiger partial charge in [-0.3, -0.25) is 0 Å². The topological polar surface area (TPSA) is 12.0 Å². The van der Waals surface area contributed by atoms with Crippen molar-refractivity contribution in [2.24, 2.45) is 23.7 Å². The second kappa shape index (κ2) is 7.11. The molecule has 0 amide bonds. The summed E-state index contributed by atoms with van der Waals surface area (Å²) in [5.74, 6) is 3.53. The van der Waals surface area contributed by atoms with E-state index < -0.39 is 0 Å². The summed E-state index contributed by atoms with van der Waals surface area (Å²) in [6, 6.07) is 1.61. The molecule has 0 spiro atoms. The van der Waals surface area contributed by atoms with Gasteiger partial charge in [0.2, 0.25) is 0 Å². The summed E-state index contributed by atoms with van der Waals surface area (Å²) in [5.41, 5.74) is 0. The van der Waals surface area contributed by atoms with Gasteiger partial charge in [0.1, 0.15) is 0 Å². The Labute approximate surface area is 120 Å². The molecule has 2 fully saturated rings. The maximum atomic E-state index is 4.12. The molecule has 0 bridgehead atoms. The summed E-state index contributed by atoms with van der Waals surface area (Å²) in [7, 11) is 0. The van der Waals surface area contributed by atoms with Crippen LogP contribution >= 0.6 is 0 Å². The molecule has 0 saturated heterocycles. The largest absolute Gasteiger partial charge is 0.311 e. The van der Waals surface area contributed by atoms with Crippen LogP contribution in [0.25, 0.3) is 0 Å². The molecule has 4 atom stereocenters. The molecule has 2 aliphatic carbocycles. The van der Waals surface area contributed by atoms with E-state index >= 15 is 0 Å². The zero-order valence-electron chi connectivity index (χ0n) is 13.6. The minimum atomic E-state index is 0.804. The molecule has 0 unspecified atom stereocenters. The highest BCUT2D eigenvalue weighted by molar-refractivity contribution is 4.90. The summed E-state index contributed by atoms with van der Waals surface area (Å²) in [6.45, 7) is 9.69. The molecule has 112 valence electrons. The smallest absolute Gasteiger partial charge is 0.0100 e. The molecule has 0 aromatic heterocycles. The lowest BCUT2D eigenvalue weighted by molar-refractivity contribution is 0.137. The van der Waals surface area contributed by atoms with Crippen molar-refractivity contribution < 1.29 is 0 Å². The highest BCUT2D eigenvalue weighted by Gasteiger charge is 2.33. The molecule has 0 radical (unpaired) electrons. The monoisotopic (exact) mass is 265 g/mol. The van der Waals surface area contributed by atoms with Gasteiger partial charge in [0.25, 0.3) is 0 Å². The van der Waals surface area contributed by atoms with E-state index in [0.29, 0.717) is 0 Å². The minimum absolute atomic E-state index is 0.804. The van der Waals surface area contributed by atoms with Gasteiger partial charge in [-0.05, 0) is 49.4 Å². The van der Waals surface area contributed by atoms with Gasteiger partial charge in [0.05, 0.1) is 0 Å². The van der Waals surface area contributed by atoms with E-state index in [-0.39, 0.29) is 0 Å². The van der Waals surface area contributed by atoms with E-state index in [1.54, 1.807) is 0 Å². The molecule has 19 heavy (non-hydrogen) atoms. The third-order valence-corrected chi connectivity index (χ3v) is 5.78. The van der Waals surface area contributed by atoms with Crippen LogP contribution in [-0.4, -0.2) is 12.1 Å². The molecule has 1 nitrogen and oxygen atoms in total. The Morgan fingerprint density at radius 2 is 1.00 bits per heavy atom. The van der Waals surface area contributed by atoms with Gasteiger partial charge in [0.15, 0.2) is 0 Å². The van der Waals surface area contributed by atoms with Crippen molar-refractivity contribution in [2.45, 2.75) is 91.1 Å². The Balaban J connectivity index is 1.96. The zero-order valence-corrected chi connectivity index (χ0v) is 13.6. The first kappa shape index (κ1) is 15.4. The standard InChI is InChI=1S/C18H35N/c1-13(2)15-9-5-7-11-17(15)19-18-12-8-6-10-16(18)14(3)4/h13-19H,5-12H2,1-4H3/t15-,16-,17-,18-/m0/s1. The average molecular weight is 265 g/mol. The maximum absolute atomic E-state index is 4.12. The quantitative estimate of drug-likeness (QED) is 0.754. The van der Waals surface area contributed by atoms with E-state index in [9.17, 15) is 0 Å². The molecular formula is C18H35N. The normalized spacial score (nSPS) is 36.9. The molecule has 0 aliphatic heterocycles. The van der Waals surface area contributed by atoms with E-state index in [2.05, 4.69) is 33.0 Å². The second-order valence-corrected chi connectivity index (χ2v) is 7.76. The van der Waals surface area contributed by atoms with Crippen LogP contribution in [0.5, 0.6) is 0 Å². The molecule has 2 saturated carbocycles. The predicted molar refractivity (Wildman–Crippen MR) is 84.3 cm³/mol. The highest BCUT2D eigenvalue weighted by Crippen LogP contribution is 2.34. The van der Waals surface area contributed by atoms with Crippen LogP contribution in [0.15, 0.2) is 0 Å². The van der Waals surface area contributed by atoms with Crippen molar-refractivity contribution in [1.29, 1.82) is 0 Å². The first-order valence-corrected chi connectivity index (χ1v) is 8.85. The van der Waals surface area contributed by atoms with Crippen LogP contribution < -0.4 is 5.32 Å². The van der Waals surface area contributed by atoms with Gasteiger partial charge in [-0.25, -0.2) is 0 Å². The van der Waals surface area contributed by atoms with Crippen molar-refractivity contribution in [3.05, 3.63) is 0 Å². The lowest BCUT2D eigenvalue weighted by Gasteiger charge is -2.42. The van der Waals surface area contributed by atoms with Crippen LogP contribution in [0, 0.1) is 23.7 Å². The zero-order chi connectivity index (χ0) is 13.8. The van der Waals surface area contributed by atoms with E-state index in [1.165, 1.54) is 51.4 Å². The Morgan fingerprint density at radius 1 is 0.632 bits per heavy atom. The van der Waals surface area contributed by atoms with Gasteiger partial charge >= 0.3 is 0 Å². The molecule has 1 heteroatoms. The lowest BCUT2D eigenvalue weighted by Crippen LogP contribution is -2.50. The molecule has 2 aliphatic rings. The highest BCUT2D eigenvalue weighted by atomic mass is 15.0. The minimum Gasteiger partial charge on any atom is -0.311 e. The Hall–Kier alpha value is -0.0400. The molecule has 2 rings (SSSR count). The average Bonchev–Trinajstić information content (AvgIpc) is 2.39. The van der Waals surface area contributed by atoms with E-state index in [1.807, 2.05) is 0 Å². The fourth-order valence-corrected chi connectivity index (χ4v) is 4.60. The Kier molecular flexibility index (Phi) is 5.74. The molecule has 0 heterocycles. The third-order valence-electron chi connectivity index (χ3n) is 5.78. The number of nitrogens with one attached hydrogen (secondary N) is 1. The fourth-order valence-electron chi connectivity index (χ4n) is 4.60. The molecule has 0 aromatic carbocycles. The van der Waals surface area contributed by atoms with E-state index in [4.69, 9.17) is 0 Å². The molecular weight excluding hydrogens is 230 g/mol. The third kappa shape index (κ3) is 3.97. The lowest BCUT2D eigenvalue weighted by atomic mass is 9.74. The van der Waals surface area contributed by atoms with Crippen molar-refractivity contribution >= 4 is 0 Å². The summed E-state index contributed by atoms with van der Waals surface area (Å²) in [5, 5.41) is 4.12. The van der Waals surface area contributed by atoms with Gasteiger partial charge in [-0.1, -0.05) is 53.4 Å². The number of hydrogen-bond acceptors (Lipinski definition) is 1.